The average Bonchev–Trinajstić information content (AvgIpc) is 2.24. The summed E-state index contributed by atoms with van der Waals surface area (Å²) in [5.74, 6) is -0.537. The van der Waals surface area contributed by atoms with Gasteiger partial charge in [0.2, 0.25) is 0 Å². The van der Waals surface area contributed by atoms with Crippen molar-refractivity contribution >= 4 is 5.97 Å². The number of rotatable bonds is 2. The number of esters is 1. The van der Waals surface area contributed by atoms with Crippen molar-refractivity contribution in [2.24, 2.45) is 0 Å². The van der Waals surface area contributed by atoms with Crippen LogP contribution < -0.4 is 0 Å². The van der Waals surface area contributed by atoms with Crippen LogP contribution in [0.5, 0.6) is 0 Å². The lowest BCUT2D eigenvalue weighted by Gasteiger charge is -2.14. The molecule has 1 saturated heterocycles. The fraction of sp³-hybridized carbons (Fsp3) is 0.667. The van der Waals surface area contributed by atoms with E-state index in [1.807, 2.05) is 13.8 Å². The standard InChI is InChI=1S/C9H14O4/c1-4-7(10)12-6-5-9(2,3)13-8(6)11/h4,6,8,11H,1,5H2,2-3H3. The minimum Gasteiger partial charge on any atom is -0.454 e. The molecule has 0 spiro atoms. The maximum Gasteiger partial charge on any atom is 0.330 e. The highest BCUT2D eigenvalue weighted by Crippen LogP contribution is 2.30. The van der Waals surface area contributed by atoms with Crippen LogP contribution in [0.2, 0.25) is 0 Å². The molecule has 74 valence electrons. The van der Waals surface area contributed by atoms with E-state index in [4.69, 9.17) is 9.47 Å². The molecule has 2 unspecified atom stereocenters. The van der Waals surface area contributed by atoms with Crippen molar-refractivity contribution in [3.05, 3.63) is 12.7 Å². The number of aliphatic hydroxyl groups excluding tert-OH is 1. The smallest absolute Gasteiger partial charge is 0.330 e. The lowest BCUT2D eigenvalue weighted by Crippen LogP contribution is -2.25. The first-order valence-corrected chi connectivity index (χ1v) is 4.13. The van der Waals surface area contributed by atoms with Gasteiger partial charge in [0.15, 0.2) is 12.4 Å². The molecular weight excluding hydrogens is 172 g/mol. The Labute approximate surface area is 77.1 Å². The van der Waals surface area contributed by atoms with Crippen molar-refractivity contribution in [1.82, 2.24) is 0 Å². The quantitative estimate of drug-likeness (QED) is 0.507. The molecule has 0 saturated carbocycles. The average molecular weight is 186 g/mol. The van der Waals surface area contributed by atoms with Crippen LogP contribution in [0.3, 0.4) is 0 Å². The summed E-state index contributed by atoms with van der Waals surface area (Å²) >= 11 is 0. The van der Waals surface area contributed by atoms with Gasteiger partial charge in [0.05, 0.1) is 5.60 Å². The first-order chi connectivity index (χ1) is 5.94. The molecule has 1 aliphatic rings. The fourth-order valence-electron chi connectivity index (χ4n) is 1.33. The van der Waals surface area contributed by atoms with Gasteiger partial charge in [-0.15, -0.1) is 0 Å². The molecule has 0 aromatic heterocycles. The first kappa shape index (κ1) is 10.2. The maximum absolute atomic E-state index is 10.8. The molecule has 4 nitrogen and oxygen atoms in total. The molecule has 0 aliphatic carbocycles. The van der Waals surface area contributed by atoms with Crippen LogP contribution >= 0.6 is 0 Å². The van der Waals surface area contributed by atoms with Crippen LogP contribution in [0, 0.1) is 0 Å². The Hall–Kier alpha value is -0.870. The third-order valence-electron chi connectivity index (χ3n) is 1.88. The topological polar surface area (TPSA) is 55.8 Å². The van der Waals surface area contributed by atoms with Gasteiger partial charge in [-0.25, -0.2) is 4.79 Å². The van der Waals surface area contributed by atoms with Crippen molar-refractivity contribution in [1.29, 1.82) is 0 Å². The Morgan fingerprint density at radius 3 is 2.77 bits per heavy atom. The minimum atomic E-state index is -1.03. The first-order valence-electron chi connectivity index (χ1n) is 4.13. The number of aliphatic hydroxyl groups is 1. The number of carbonyl (C=O) groups excluding carboxylic acids is 1. The Balaban J connectivity index is 2.53. The summed E-state index contributed by atoms with van der Waals surface area (Å²) in [6.45, 7) is 6.93. The second kappa shape index (κ2) is 3.47. The van der Waals surface area contributed by atoms with E-state index in [-0.39, 0.29) is 0 Å². The molecule has 1 aliphatic heterocycles. The molecule has 1 rings (SSSR count). The summed E-state index contributed by atoms with van der Waals surface area (Å²) in [5, 5.41) is 9.34. The second-order valence-corrected chi connectivity index (χ2v) is 3.65. The van der Waals surface area contributed by atoms with Gasteiger partial charge < -0.3 is 14.6 Å². The van der Waals surface area contributed by atoms with E-state index in [1.54, 1.807) is 0 Å². The maximum atomic E-state index is 10.8. The van der Waals surface area contributed by atoms with E-state index in [9.17, 15) is 9.90 Å². The van der Waals surface area contributed by atoms with Gasteiger partial charge in [0.1, 0.15) is 0 Å². The van der Waals surface area contributed by atoms with E-state index < -0.39 is 24.0 Å². The zero-order chi connectivity index (χ0) is 10.1. The van der Waals surface area contributed by atoms with Crippen LogP contribution in [-0.2, 0) is 14.3 Å². The van der Waals surface area contributed by atoms with Crippen molar-refractivity contribution in [2.45, 2.75) is 38.3 Å². The Morgan fingerprint density at radius 1 is 1.77 bits per heavy atom. The Bertz CT molecular complexity index is 222. The van der Waals surface area contributed by atoms with Gasteiger partial charge >= 0.3 is 5.97 Å². The molecule has 0 bridgehead atoms. The molecule has 0 amide bonds. The van der Waals surface area contributed by atoms with E-state index in [2.05, 4.69) is 6.58 Å². The van der Waals surface area contributed by atoms with Crippen molar-refractivity contribution < 1.29 is 19.4 Å². The monoisotopic (exact) mass is 186 g/mol. The summed E-state index contributed by atoms with van der Waals surface area (Å²) in [6, 6.07) is 0. The van der Waals surface area contributed by atoms with Crippen LogP contribution in [0.15, 0.2) is 12.7 Å². The lowest BCUT2D eigenvalue weighted by atomic mass is 10.0. The summed E-state index contributed by atoms with van der Waals surface area (Å²) in [6.07, 6.45) is -0.0504. The molecule has 0 aromatic carbocycles. The molecule has 1 fully saturated rings. The number of carbonyl (C=O) groups is 1. The molecule has 1 N–H and O–H groups in total. The SMILES string of the molecule is C=CC(=O)OC1CC(C)(C)OC1O. The predicted molar refractivity (Wildman–Crippen MR) is 45.9 cm³/mol. The van der Waals surface area contributed by atoms with E-state index in [0.717, 1.165) is 6.08 Å². The lowest BCUT2D eigenvalue weighted by molar-refractivity contribution is -0.171. The zero-order valence-corrected chi connectivity index (χ0v) is 7.82. The van der Waals surface area contributed by atoms with Crippen molar-refractivity contribution in [3.63, 3.8) is 0 Å². The summed E-state index contributed by atoms with van der Waals surface area (Å²) in [4.78, 5) is 10.8. The number of hydrogen-bond donors (Lipinski definition) is 1. The molecular formula is C9H14O4. The van der Waals surface area contributed by atoms with Gasteiger partial charge in [-0.05, 0) is 13.8 Å². The summed E-state index contributed by atoms with van der Waals surface area (Å²) in [5.41, 5.74) is -0.439. The highest BCUT2D eigenvalue weighted by atomic mass is 16.7. The van der Waals surface area contributed by atoms with Gasteiger partial charge in [-0.3, -0.25) is 0 Å². The second-order valence-electron chi connectivity index (χ2n) is 3.65. The highest BCUT2D eigenvalue weighted by Gasteiger charge is 2.41. The van der Waals surface area contributed by atoms with E-state index in [0.29, 0.717) is 6.42 Å². The van der Waals surface area contributed by atoms with Crippen LogP contribution in [0.1, 0.15) is 20.3 Å². The van der Waals surface area contributed by atoms with Crippen LogP contribution in [-0.4, -0.2) is 29.1 Å². The number of ether oxygens (including phenoxy) is 2. The fourth-order valence-corrected chi connectivity index (χ4v) is 1.33. The molecule has 13 heavy (non-hydrogen) atoms. The summed E-state index contributed by atoms with van der Waals surface area (Å²) < 4.78 is 10.0. The van der Waals surface area contributed by atoms with Gasteiger partial charge in [0, 0.05) is 12.5 Å². The Kier molecular flexibility index (Phi) is 2.73. The van der Waals surface area contributed by atoms with Crippen molar-refractivity contribution in [3.8, 4) is 0 Å². The molecule has 2 atom stereocenters. The number of hydrogen-bond acceptors (Lipinski definition) is 4. The molecule has 1 heterocycles. The molecule has 0 radical (unpaired) electrons. The van der Waals surface area contributed by atoms with Crippen LogP contribution in [0.4, 0.5) is 0 Å². The Morgan fingerprint density at radius 2 is 2.38 bits per heavy atom. The zero-order valence-electron chi connectivity index (χ0n) is 7.82. The highest BCUT2D eigenvalue weighted by molar-refractivity contribution is 5.81. The van der Waals surface area contributed by atoms with Crippen LogP contribution in [0.25, 0.3) is 0 Å². The van der Waals surface area contributed by atoms with Gasteiger partial charge in [-0.1, -0.05) is 6.58 Å². The normalized spacial score (nSPS) is 31.3. The van der Waals surface area contributed by atoms with Gasteiger partial charge in [-0.2, -0.15) is 0 Å². The van der Waals surface area contributed by atoms with E-state index in [1.165, 1.54) is 0 Å². The predicted octanol–water partition coefficient (Wildman–Crippen LogP) is 0.601. The molecule has 4 heteroatoms. The largest absolute Gasteiger partial charge is 0.454 e. The van der Waals surface area contributed by atoms with Gasteiger partial charge in [0.25, 0.3) is 0 Å². The summed E-state index contributed by atoms with van der Waals surface area (Å²) in [7, 11) is 0. The third kappa shape index (κ3) is 2.54. The third-order valence-corrected chi connectivity index (χ3v) is 1.88. The van der Waals surface area contributed by atoms with Crippen molar-refractivity contribution in [2.75, 3.05) is 0 Å². The van der Waals surface area contributed by atoms with E-state index >= 15 is 0 Å². The minimum absolute atomic E-state index is 0.439. The molecule has 0 aromatic rings.